The van der Waals surface area contributed by atoms with Crippen LogP contribution in [0.15, 0.2) is 54.9 Å². The first kappa shape index (κ1) is 11.2. The lowest BCUT2D eigenvalue weighted by Crippen LogP contribution is -2.59. The normalized spacial score (nSPS) is 19.7. The third-order valence-electron chi connectivity index (χ3n) is 2.76. The van der Waals surface area contributed by atoms with E-state index < -0.39 is 0 Å². The summed E-state index contributed by atoms with van der Waals surface area (Å²) in [6.07, 6.45) is 8.06. The predicted molar refractivity (Wildman–Crippen MR) is 70.0 cm³/mol. The van der Waals surface area contributed by atoms with Crippen LogP contribution in [0.3, 0.4) is 0 Å². The van der Waals surface area contributed by atoms with Crippen molar-refractivity contribution in [2.75, 3.05) is 18.1 Å². The first-order valence-corrected chi connectivity index (χ1v) is 5.92. The van der Waals surface area contributed by atoms with Gasteiger partial charge in [0.25, 0.3) is 0 Å². The Morgan fingerprint density at radius 3 is 2.67 bits per heavy atom. The Hall–Kier alpha value is -1.86. The zero-order valence-corrected chi connectivity index (χ0v) is 9.95. The van der Waals surface area contributed by atoms with Crippen molar-refractivity contribution in [3.05, 3.63) is 54.9 Å². The Morgan fingerprint density at radius 2 is 1.89 bits per heavy atom. The van der Waals surface area contributed by atoms with Gasteiger partial charge < -0.3 is 5.43 Å². The zero-order valence-electron chi connectivity index (χ0n) is 9.95. The summed E-state index contributed by atoms with van der Waals surface area (Å²) in [5.41, 5.74) is 10.4. The van der Waals surface area contributed by atoms with Gasteiger partial charge in [0.05, 0.1) is 18.8 Å². The van der Waals surface area contributed by atoms with E-state index in [1.54, 1.807) is 0 Å². The summed E-state index contributed by atoms with van der Waals surface area (Å²) in [6.45, 7) is 1.63. The maximum absolute atomic E-state index is 3.14. The van der Waals surface area contributed by atoms with Crippen molar-refractivity contribution in [3.63, 3.8) is 0 Å². The van der Waals surface area contributed by atoms with Crippen LogP contribution in [-0.4, -0.2) is 23.3 Å². The van der Waals surface area contributed by atoms with Gasteiger partial charge >= 0.3 is 0 Å². The molecule has 1 aromatic rings. The maximum atomic E-state index is 3.14. The molecule has 18 heavy (non-hydrogen) atoms. The Bertz CT molecular complexity index is 435. The Morgan fingerprint density at radius 1 is 1.00 bits per heavy atom. The quantitative estimate of drug-likeness (QED) is 0.670. The van der Waals surface area contributed by atoms with Crippen molar-refractivity contribution >= 4 is 5.69 Å². The first-order valence-electron chi connectivity index (χ1n) is 5.92. The van der Waals surface area contributed by atoms with E-state index in [1.165, 1.54) is 0 Å². The number of nitrogens with zero attached hydrogens (tertiary/aromatic N) is 3. The summed E-state index contributed by atoms with van der Waals surface area (Å²) >= 11 is 0. The molecular weight excluding hydrogens is 228 g/mol. The summed E-state index contributed by atoms with van der Waals surface area (Å²) in [5, 5.41) is 5.88. The molecule has 0 amide bonds. The molecule has 0 aromatic heterocycles. The average molecular weight is 244 g/mol. The summed E-state index contributed by atoms with van der Waals surface area (Å²) in [6, 6.07) is 10.2. The molecule has 0 saturated heterocycles. The summed E-state index contributed by atoms with van der Waals surface area (Å²) < 4.78 is 0. The molecule has 0 saturated carbocycles. The van der Waals surface area contributed by atoms with Gasteiger partial charge in [0.15, 0.2) is 0 Å². The molecule has 0 bridgehead atoms. The lowest BCUT2D eigenvalue weighted by atomic mass is 10.3. The number of hydrazine groups is 5. The van der Waals surface area contributed by atoms with E-state index in [4.69, 9.17) is 0 Å². The Balaban J connectivity index is 1.59. The van der Waals surface area contributed by atoms with Crippen LogP contribution in [0.1, 0.15) is 0 Å². The maximum Gasteiger partial charge on any atom is 0.0587 e. The molecule has 1 aromatic carbocycles. The summed E-state index contributed by atoms with van der Waals surface area (Å²) in [5.74, 6) is 0. The molecule has 3 N–H and O–H groups in total. The highest BCUT2D eigenvalue weighted by atomic mass is 16.0. The molecule has 6 heteroatoms. The highest BCUT2D eigenvalue weighted by molar-refractivity contribution is 5.48. The minimum atomic E-state index is 0.809. The van der Waals surface area contributed by atoms with Gasteiger partial charge in [-0.25, -0.2) is 0 Å². The van der Waals surface area contributed by atoms with Crippen molar-refractivity contribution in [1.82, 2.24) is 26.7 Å². The number of benzene rings is 1. The van der Waals surface area contributed by atoms with E-state index >= 15 is 0 Å². The molecule has 0 fully saturated rings. The molecule has 6 nitrogen and oxygen atoms in total. The summed E-state index contributed by atoms with van der Waals surface area (Å²) in [7, 11) is 0. The minimum Gasteiger partial charge on any atom is -0.312 e. The second kappa shape index (κ2) is 5.19. The number of anilines is 1. The zero-order chi connectivity index (χ0) is 12.2. The van der Waals surface area contributed by atoms with Crippen LogP contribution in [0.2, 0.25) is 0 Å². The van der Waals surface area contributed by atoms with E-state index in [9.17, 15) is 0 Å². The topological polar surface area (TPSA) is 45.8 Å². The minimum absolute atomic E-state index is 0.809. The van der Waals surface area contributed by atoms with E-state index in [1.807, 2.05) is 46.9 Å². The molecule has 0 spiro atoms. The molecule has 0 atom stereocenters. The number of hydrogen-bond acceptors (Lipinski definition) is 6. The van der Waals surface area contributed by atoms with Crippen molar-refractivity contribution in [2.45, 2.75) is 0 Å². The molecule has 0 unspecified atom stereocenters. The third kappa shape index (κ3) is 2.36. The van der Waals surface area contributed by atoms with Gasteiger partial charge in [0.1, 0.15) is 0 Å². The highest BCUT2D eigenvalue weighted by Gasteiger charge is 2.18. The second-order valence-corrected chi connectivity index (χ2v) is 4.01. The molecule has 3 rings (SSSR count). The van der Waals surface area contributed by atoms with E-state index in [2.05, 4.69) is 39.7 Å². The third-order valence-corrected chi connectivity index (χ3v) is 2.76. The van der Waals surface area contributed by atoms with Gasteiger partial charge in [-0.05, 0) is 24.3 Å². The van der Waals surface area contributed by atoms with Crippen LogP contribution < -0.4 is 21.5 Å². The molecule has 0 aliphatic carbocycles. The van der Waals surface area contributed by atoms with Gasteiger partial charge in [-0.1, -0.05) is 18.2 Å². The van der Waals surface area contributed by atoms with Crippen LogP contribution in [0.25, 0.3) is 0 Å². The second-order valence-electron chi connectivity index (χ2n) is 4.01. The number of hydrogen-bond donors (Lipinski definition) is 3. The fourth-order valence-electron chi connectivity index (χ4n) is 1.87. The predicted octanol–water partition coefficient (Wildman–Crippen LogP) is 0.495. The monoisotopic (exact) mass is 244 g/mol. The fourth-order valence-corrected chi connectivity index (χ4v) is 1.87. The molecular formula is C12H16N6. The van der Waals surface area contributed by atoms with Gasteiger partial charge in [0.2, 0.25) is 0 Å². The van der Waals surface area contributed by atoms with E-state index in [-0.39, 0.29) is 0 Å². The number of para-hydroxylation sites is 1. The molecule has 2 aliphatic heterocycles. The SMILES string of the molecule is C1=CNN(NNN2CC=CN2c2ccccc2)C1. The van der Waals surface area contributed by atoms with E-state index in [0.29, 0.717) is 0 Å². The van der Waals surface area contributed by atoms with Crippen molar-refractivity contribution in [3.8, 4) is 0 Å². The standard InChI is InChI=1S/C12H16N6/c1-2-6-12(7-3-1)16-9-5-11-18(16)15-14-17-10-4-8-13-17/h1-9,13-15H,10-11H2. The number of nitrogens with one attached hydrogen (secondary N) is 3. The van der Waals surface area contributed by atoms with Crippen LogP contribution in [0.4, 0.5) is 5.69 Å². The average Bonchev–Trinajstić information content (AvgIpc) is 3.09. The largest absolute Gasteiger partial charge is 0.312 e. The van der Waals surface area contributed by atoms with Gasteiger partial charge in [0, 0.05) is 12.4 Å². The highest BCUT2D eigenvalue weighted by Crippen LogP contribution is 2.18. The van der Waals surface area contributed by atoms with Crippen LogP contribution >= 0.6 is 0 Å². The first-order chi connectivity index (χ1) is 8.93. The van der Waals surface area contributed by atoms with Crippen molar-refractivity contribution in [1.29, 1.82) is 0 Å². The van der Waals surface area contributed by atoms with Crippen molar-refractivity contribution < 1.29 is 0 Å². The van der Waals surface area contributed by atoms with Crippen LogP contribution in [-0.2, 0) is 0 Å². The fraction of sp³-hybridized carbons (Fsp3) is 0.167. The van der Waals surface area contributed by atoms with E-state index in [0.717, 1.165) is 18.8 Å². The van der Waals surface area contributed by atoms with Gasteiger partial charge in [-0.2, -0.15) is 11.1 Å². The van der Waals surface area contributed by atoms with Gasteiger partial charge in [-0.15, -0.1) is 10.2 Å². The molecule has 94 valence electrons. The molecule has 2 heterocycles. The number of rotatable bonds is 4. The van der Waals surface area contributed by atoms with Crippen molar-refractivity contribution in [2.24, 2.45) is 0 Å². The summed E-state index contributed by atoms with van der Waals surface area (Å²) in [4.78, 5) is 0. The molecule has 2 aliphatic rings. The van der Waals surface area contributed by atoms with Crippen LogP contribution in [0, 0.1) is 0 Å². The molecule has 0 radical (unpaired) electrons. The smallest absolute Gasteiger partial charge is 0.0587 e. The Labute approximate surface area is 106 Å². The lowest BCUT2D eigenvalue weighted by Gasteiger charge is -2.31. The Kier molecular flexibility index (Phi) is 3.24. The lowest BCUT2D eigenvalue weighted by molar-refractivity contribution is 0.0515. The van der Waals surface area contributed by atoms with Gasteiger partial charge in [-0.3, -0.25) is 5.01 Å². The van der Waals surface area contributed by atoms with Crippen LogP contribution in [0.5, 0.6) is 0 Å².